The molecule has 0 radical (unpaired) electrons. The molecule has 21 heavy (non-hydrogen) atoms. The fraction of sp³-hybridized carbons (Fsp3) is 0.214. The first kappa shape index (κ1) is 16.2. The van der Waals surface area contributed by atoms with E-state index in [9.17, 15) is 19.5 Å². The van der Waals surface area contributed by atoms with Gasteiger partial charge in [-0.05, 0) is 18.6 Å². The number of carboxylic acids is 1. The minimum absolute atomic E-state index is 0.0828. The van der Waals surface area contributed by atoms with E-state index in [0.29, 0.717) is 0 Å². The Morgan fingerprint density at radius 3 is 2.48 bits per heavy atom. The third-order valence-electron chi connectivity index (χ3n) is 2.55. The molecule has 0 aliphatic carbocycles. The molecule has 7 nitrogen and oxygen atoms in total. The molecule has 2 N–H and O–H groups in total. The van der Waals surface area contributed by atoms with Gasteiger partial charge in [-0.2, -0.15) is 0 Å². The van der Waals surface area contributed by atoms with Crippen molar-refractivity contribution >= 4 is 17.9 Å². The first-order chi connectivity index (χ1) is 9.86. The average Bonchev–Trinajstić information content (AvgIpc) is 2.44. The normalized spacial score (nSPS) is 9.76. The largest absolute Gasteiger partial charge is 0.507 e. The van der Waals surface area contributed by atoms with Crippen molar-refractivity contribution in [3.63, 3.8) is 0 Å². The van der Waals surface area contributed by atoms with Gasteiger partial charge in [0.1, 0.15) is 17.1 Å². The van der Waals surface area contributed by atoms with Gasteiger partial charge in [0.15, 0.2) is 0 Å². The SMILES string of the molecule is C=C(CCC(=O)Oc1cccc(O)c1C(=O)OC)C(=O)O. The average molecular weight is 294 g/mol. The summed E-state index contributed by atoms with van der Waals surface area (Å²) in [5.41, 5.74) is -0.401. The summed E-state index contributed by atoms with van der Waals surface area (Å²) in [6, 6.07) is 3.95. The zero-order chi connectivity index (χ0) is 16.0. The van der Waals surface area contributed by atoms with E-state index in [4.69, 9.17) is 9.84 Å². The second-order valence-electron chi connectivity index (χ2n) is 4.02. The van der Waals surface area contributed by atoms with E-state index in [0.717, 1.165) is 7.11 Å². The molecule has 0 spiro atoms. The third kappa shape index (κ3) is 4.34. The molecular formula is C14H14O7. The van der Waals surface area contributed by atoms with E-state index < -0.39 is 17.9 Å². The lowest BCUT2D eigenvalue weighted by atomic mass is 10.1. The number of carbonyl (C=O) groups excluding carboxylic acids is 2. The molecule has 0 fully saturated rings. The summed E-state index contributed by atoms with van der Waals surface area (Å²) in [6.45, 7) is 3.28. The molecule has 1 aromatic rings. The Bertz CT molecular complexity index is 589. The van der Waals surface area contributed by atoms with Crippen molar-refractivity contribution in [1.82, 2.24) is 0 Å². The van der Waals surface area contributed by atoms with E-state index in [1.54, 1.807) is 0 Å². The first-order valence-corrected chi connectivity index (χ1v) is 5.88. The molecule has 0 aliphatic heterocycles. The third-order valence-corrected chi connectivity index (χ3v) is 2.55. The number of ether oxygens (including phenoxy) is 2. The molecule has 0 saturated carbocycles. The number of phenols is 1. The Morgan fingerprint density at radius 2 is 1.90 bits per heavy atom. The summed E-state index contributed by atoms with van der Waals surface area (Å²) in [5, 5.41) is 18.2. The van der Waals surface area contributed by atoms with E-state index in [1.807, 2.05) is 0 Å². The van der Waals surface area contributed by atoms with Crippen molar-refractivity contribution in [3.05, 3.63) is 35.9 Å². The number of hydrogen-bond donors (Lipinski definition) is 2. The predicted octanol–water partition coefficient (Wildman–Crippen LogP) is 1.51. The van der Waals surface area contributed by atoms with Crippen LogP contribution in [-0.4, -0.2) is 35.2 Å². The van der Waals surface area contributed by atoms with Crippen molar-refractivity contribution < 1.29 is 34.1 Å². The van der Waals surface area contributed by atoms with E-state index in [2.05, 4.69) is 11.3 Å². The number of esters is 2. The van der Waals surface area contributed by atoms with Crippen LogP contribution in [0.4, 0.5) is 0 Å². The molecule has 0 aliphatic rings. The van der Waals surface area contributed by atoms with E-state index in [-0.39, 0.29) is 35.5 Å². The van der Waals surface area contributed by atoms with Gasteiger partial charge in [0, 0.05) is 5.57 Å². The second-order valence-corrected chi connectivity index (χ2v) is 4.02. The number of carboxylic acid groups (broad SMARTS) is 1. The van der Waals surface area contributed by atoms with Crippen LogP contribution >= 0.6 is 0 Å². The van der Waals surface area contributed by atoms with Gasteiger partial charge >= 0.3 is 17.9 Å². The van der Waals surface area contributed by atoms with Gasteiger partial charge < -0.3 is 19.7 Å². The Hall–Kier alpha value is -2.83. The lowest BCUT2D eigenvalue weighted by Gasteiger charge is -2.10. The Kier molecular flexibility index (Phi) is 5.48. The maximum absolute atomic E-state index is 11.6. The molecular weight excluding hydrogens is 280 g/mol. The smallest absolute Gasteiger partial charge is 0.345 e. The number of rotatable bonds is 6. The molecule has 0 heterocycles. The summed E-state index contributed by atoms with van der Waals surface area (Å²) < 4.78 is 9.43. The molecule has 1 rings (SSSR count). The Labute approximate surface area is 120 Å². The highest BCUT2D eigenvalue weighted by Gasteiger charge is 2.20. The fourth-order valence-electron chi connectivity index (χ4n) is 1.45. The molecule has 0 amide bonds. The number of carbonyl (C=O) groups is 3. The minimum atomic E-state index is -1.20. The fourth-order valence-corrected chi connectivity index (χ4v) is 1.45. The van der Waals surface area contributed by atoms with Crippen LogP contribution in [0.15, 0.2) is 30.4 Å². The van der Waals surface area contributed by atoms with Gasteiger partial charge in [0.25, 0.3) is 0 Å². The van der Waals surface area contributed by atoms with Crippen LogP contribution in [0.25, 0.3) is 0 Å². The van der Waals surface area contributed by atoms with Crippen LogP contribution in [0.3, 0.4) is 0 Å². The number of methoxy groups -OCH3 is 1. The van der Waals surface area contributed by atoms with Crippen LogP contribution < -0.4 is 4.74 Å². The number of aromatic hydroxyl groups is 1. The summed E-state index contributed by atoms with van der Waals surface area (Å²) >= 11 is 0. The highest BCUT2D eigenvalue weighted by Crippen LogP contribution is 2.28. The summed E-state index contributed by atoms with van der Waals surface area (Å²) in [7, 11) is 1.12. The lowest BCUT2D eigenvalue weighted by molar-refractivity contribution is -0.134. The van der Waals surface area contributed by atoms with Gasteiger partial charge in [0.2, 0.25) is 0 Å². The molecule has 1 aromatic carbocycles. The summed E-state index contributed by atoms with van der Waals surface area (Å²) in [6.07, 6.45) is -0.304. The Balaban J connectivity index is 2.81. The van der Waals surface area contributed by atoms with Gasteiger partial charge in [-0.3, -0.25) is 4.79 Å². The Morgan fingerprint density at radius 1 is 1.24 bits per heavy atom. The minimum Gasteiger partial charge on any atom is -0.507 e. The second kappa shape index (κ2) is 7.09. The monoisotopic (exact) mass is 294 g/mol. The first-order valence-electron chi connectivity index (χ1n) is 5.88. The summed E-state index contributed by atoms with van der Waals surface area (Å²) in [4.78, 5) is 33.7. The maximum atomic E-state index is 11.6. The number of aliphatic carboxylic acids is 1. The van der Waals surface area contributed by atoms with Crippen LogP contribution in [0, 0.1) is 0 Å². The van der Waals surface area contributed by atoms with E-state index >= 15 is 0 Å². The van der Waals surface area contributed by atoms with Crippen LogP contribution in [0.5, 0.6) is 11.5 Å². The number of phenolic OH excluding ortho intramolecular Hbond substituents is 1. The van der Waals surface area contributed by atoms with Crippen LogP contribution in [-0.2, 0) is 14.3 Å². The molecule has 7 heteroatoms. The van der Waals surface area contributed by atoms with Crippen molar-refractivity contribution in [2.24, 2.45) is 0 Å². The maximum Gasteiger partial charge on any atom is 0.345 e. The highest BCUT2D eigenvalue weighted by atomic mass is 16.5. The molecule has 0 unspecified atom stereocenters. The van der Waals surface area contributed by atoms with Crippen molar-refractivity contribution in [2.75, 3.05) is 7.11 Å². The van der Waals surface area contributed by atoms with Crippen molar-refractivity contribution in [2.45, 2.75) is 12.8 Å². The van der Waals surface area contributed by atoms with E-state index in [1.165, 1.54) is 18.2 Å². The highest BCUT2D eigenvalue weighted by molar-refractivity contribution is 5.96. The van der Waals surface area contributed by atoms with Crippen molar-refractivity contribution in [1.29, 1.82) is 0 Å². The van der Waals surface area contributed by atoms with Crippen LogP contribution in [0.2, 0.25) is 0 Å². The van der Waals surface area contributed by atoms with Gasteiger partial charge in [-0.1, -0.05) is 12.6 Å². The van der Waals surface area contributed by atoms with Gasteiger partial charge in [0.05, 0.1) is 13.5 Å². The van der Waals surface area contributed by atoms with Crippen molar-refractivity contribution in [3.8, 4) is 11.5 Å². The standard InChI is InChI=1S/C14H14O7/c1-8(13(17)18)6-7-11(16)21-10-5-3-4-9(15)12(10)14(19)20-2/h3-5,15H,1,6-7H2,2H3,(H,17,18). The molecule has 0 atom stereocenters. The van der Waals surface area contributed by atoms with Crippen LogP contribution in [0.1, 0.15) is 23.2 Å². The lowest BCUT2D eigenvalue weighted by Crippen LogP contribution is -2.13. The molecule has 0 aromatic heterocycles. The predicted molar refractivity (Wildman–Crippen MR) is 71.1 cm³/mol. The molecule has 0 saturated heterocycles. The molecule has 0 bridgehead atoms. The zero-order valence-electron chi connectivity index (χ0n) is 11.3. The topological polar surface area (TPSA) is 110 Å². The number of benzene rings is 1. The molecule has 112 valence electrons. The van der Waals surface area contributed by atoms with Gasteiger partial charge in [-0.15, -0.1) is 0 Å². The van der Waals surface area contributed by atoms with Gasteiger partial charge in [-0.25, -0.2) is 9.59 Å². The number of hydrogen-bond acceptors (Lipinski definition) is 6. The zero-order valence-corrected chi connectivity index (χ0v) is 11.3. The quantitative estimate of drug-likeness (QED) is 0.464. The summed E-state index contributed by atoms with van der Waals surface area (Å²) in [5.74, 6) is -3.36.